The van der Waals surface area contributed by atoms with Crippen LogP contribution in [0.4, 0.5) is 0 Å². The summed E-state index contributed by atoms with van der Waals surface area (Å²) in [5.74, 6) is 1.68. The van der Waals surface area contributed by atoms with Gasteiger partial charge in [0.2, 0.25) is 5.91 Å². The highest BCUT2D eigenvalue weighted by atomic mass is 16.1. The monoisotopic (exact) mass is 282 g/mol. The molecular weight excluding hydrogens is 248 g/mol. The molecule has 1 fully saturated rings. The lowest BCUT2D eigenvalue weighted by molar-refractivity contribution is -0.127. The molecule has 3 N–H and O–H groups in total. The molecule has 0 aromatic heterocycles. The van der Waals surface area contributed by atoms with E-state index in [0.717, 1.165) is 25.2 Å². The average Bonchev–Trinajstić information content (AvgIpc) is 2.37. The van der Waals surface area contributed by atoms with Crippen molar-refractivity contribution in [1.82, 2.24) is 5.32 Å². The molecule has 0 saturated heterocycles. The second kappa shape index (κ2) is 7.44. The zero-order valence-corrected chi connectivity index (χ0v) is 14.0. The highest BCUT2D eigenvalue weighted by molar-refractivity contribution is 5.79. The highest BCUT2D eigenvalue weighted by Crippen LogP contribution is 2.39. The van der Waals surface area contributed by atoms with E-state index in [9.17, 15) is 4.79 Å². The molecule has 1 aliphatic rings. The van der Waals surface area contributed by atoms with Crippen LogP contribution in [-0.2, 0) is 4.79 Å². The zero-order valence-electron chi connectivity index (χ0n) is 14.0. The maximum atomic E-state index is 12.4. The zero-order chi connectivity index (χ0) is 15.3. The Balaban J connectivity index is 2.46. The van der Waals surface area contributed by atoms with Gasteiger partial charge in [-0.3, -0.25) is 4.79 Å². The molecule has 1 aliphatic carbocycles. The van der Waals surface area contributed by atoms with E-state index in [1.807, 2.05) is 0 Å². The van der Waals surface area contributed by atoms with Crippen LogP contribution in [0.3, 0.4) is 0 Å². The van der Waals surface area contributed by atoms with E-state index in [4.69, 9.17) is 5.73 Å². The van der Waals surface area contributed by atoms with E-state index in [1.54, 1.807) is 0 Å². The summed E-state index contributed by atoms with van der Waals surface area (Å²) in [6, 6.07) is 0.229. The summed E-state index contributed by atoms with van der Waals surface area (Å²) >= 11 is 0. The van der Waals surface area contributed by atoms with Crippen molar-refractivity contribution >= 4 is 5.91 Å². The molecule has 1 saturated carbocycles. The van der Waals surface area contributed by atoms with Crippen molar-refractivity contribution in [2.75, 3.05) is 6.54 Å². The van der Waals surface area contributed by atoms with Crippen LogP contribution in [0.25, 0.3) is 0 Å². The molecule has 0 spiro atoms. The van der Waals surface area contributed by atoms with E-state index < -0.39 is 0 Å². The molecule has 3 nitrogen and oxygen atoms in total. The Hall–Kier alpha value is -0.570. The summed E-state index contributed by atoms with van der Waals surface area (Å²) in [6.45, 7) is 11.9. The lowest BCUT2D eigenvalue weighted by Crippen LogP contribution is -2.44. The van der Waals surface area contributed by atoms with Crippen LogP contribution in [-0.4, -0.2) is 18.5 Å². The fourth-order valence-electron chi connectivity index (χ4n) is 3.27. The van der Waals surface area contributed by atoms with Gasteiger partial charge in [0.1, 0.15) is 0 Å². The van der Waals surface area contributed by atoms with Crippen molar-refractivity contribution in [3.05, 3.63) is 0 Å². The summed E-state index contributed by atoms with van der Waals surface area (Å²) in [7, 11) is 0. The predicted octanol–water partition coefficient (Wildman–Crippen LogP) is 3.33. The summed E-state index contributed by atoms with van der Waals surface area (Å²) in [5, 5.41) is 3.22. The Morgan fingerprint density at radius 1 is 1.20 bits per heavy atom. The summed E-state index contributed by atoms with van der Waals surface area (Å²) < 4.78 is 0. The van der Waals surface area contributed by atoms with Crippen molar-refractivity contribution in [3.8, 4) is 0 Å². The first-order valence-electron chi connectivity index (χ1n) is 8.26. The van der Waals surface area contributed by atoms with E-state index in [1.165, 1.54) is 12.8 Å². The van der Waals surface area contributed by atoms with E-state index in [0.29, 0.717) is 17.9 Å². The lowest BCUT2D eigenvalue weighted by atomic mass is 9.69. The van der Waals surface area contributed by atoms with Gasteiger partial charge in [-0.2, -0.15) is 0 Å². The number of carbonyl (C=O) groups excluding carboxylic acids is 1. The van der Waals surface area contributed by atoms with Crippen molar-refractivity contribution in [2.24, 2.45) is 28.9 Å². The van der Waals surface area contributed by atoms with Crippen LogP contribution in [0, 0.1) is 23.2 Å². The fourth-order valence-corrected chi connectivity index (χ4v) is 3.27. The first-order valence-corrected chi connectivity index (χ1v) is 8.26. The normalized spacial score (nSPS) is 25.6. The Kier molecular flexibility index (Phi) is 6.50. The van der Waals surface area contributed by atoms with Crippen LogP contribution in [0.5, 0.6) is 0 Å². The Morgan fingerprint density at radius 2 is 1.75 bits per heavy atom. The highest BCUT2D eigenvalue weighted by Gasteiger charge is 2.32. The third kappa shape index (κ3) is 5.08. The van der Waals surface area contributed by atoms with Crippen molar-refractivity contribution < 1.29 is 4.79 Å². The molecule has 0 aromatic carbocycles. The number of nitrogens with two attached hydrogens (primary N) is 1. The minimum absolute atomic E-state index is 0.215. The fraction of sp³-hybridized carbons (Fsp3) is 0.941. The van der Waals surface area contributed by atoms with Crippen LogP contribution < -0.4 is 11.1 Å². The van der Waals surface area contributed by atoms with Crippen LogP contribution >= 0.6 is 0 Å². The van der Waals surface area contributed by atoms with Gasteiger partial charge in [0.05, 0.1) is 0 Å². The topological polar surface area (TPSA) is 55.1 Å². The van der Waals surface area contributed by atoms with Gasteiger partial charge in [0.25, 0.3) is 0 Å². The summed E-state index contributed by atoms with van der Waals surface area (Å²) in [5.41, 5.74) is 6.01. The molecule has 0 aromatic rings. The standard InChI is InChI=1S/C17H34N2O/c1-12(2)15(10-11-18)19-16(20)13-6-8-14(9-7-13)17(3,4)5/h12-15H,6-11,18H2,1-5H3,(H,19,20). The molecule has 0 radical (unpaired) electrons. The maximum absolute atomic E-state index is 12.4. The van der Waals surface area contributed by atoms with Gasteiger partial charge < -0.3 is 11.1 Å². The predicted molar refractivity (Wildman–Crippen MR) is 85.3 cm³/mol. The van der Waals surface area contributed by atoms with Crippen molar-refractivity contribution in [2.45, 2.75) is 72.8 Å². The average molecular weight is 282 g/mol. The number of rotatable bonds is 5. The quantitative estimate of drug-likeness (QED) is 0.812. The second-order valence-electron chi connectivity index (χ2n) is 7.85. The molecule has 0 bridgehead atoms. The van der Waals surface area contributed by atoms with Gasteiger partial charge in [-0.15, -0.1) is 0 Å². The molecular formula is C17H34N2O. The number of amides is 1. The van der Waals surface area contributed by atoms with Crippen LogP contribution in [0.15, 0.2) is 0 Å². The third-order valence-corrected chi connectivity index (χ3v) is 4.93. The number of hydrogen-bond donors (Lipinski definition) is 2. The minimum Gasteiger partial charge on any atom is -0.353 e. The molecule has 1 rings (SSSR count). The molecule has 0 heterocycles. The van der Waals surface area contributed by atoms with Gasteiger partial charge in [0, 0.05) is 12.0 Å². The van der Waals surface area contributed by atoms with Crippen LogP contribution in [0.1, 0.15) is 66.7 Å². The molecule has 1 amide bonds. The van der Waals surface area contributed by atoms with Crippen LogP contribution in [0.2, 0.25) is 0 Å². The van der Waals surface area contributed by atoms with Gasteiger partial charge in [-0.25, -0.2) is 0 Å². The number of nitrogens with one attached hydrogen (secondary N) is 1. The largest absolute Gasteiger partial charge is 0.353 e. The molecule has 20 heavy (non-hydrogen) atoms. The molecule has 3 heteroatoms. The first-order chi connectivity index (χ1) is 9.25. The number of carbonyl (C=O) groups is 1. The molecule has 1 atom stereocenters. The molecule has 118 valence electrons. The lowest BCUT2D eigenvalue weighted by Gasteiger charge is -2.37. The Morgan fingerprint density at radius 3 is 2.15 bits per heavy atom. The SMILES string of the molecule is CC(C)C(CCN)NC(=O)C1CCC(C(C)(C)C)CC1. The minimum atomic E-state index is 0.215. The Bertz CT molecular complexity index is 299. The van der Waals surface area contributed by atoms with Gasteiger partial charge >= 0.3 is 0 Å². The maximum Gasteiger partial charge on any atom is 0.223 e. The van der Waals surface area contributed by atoms with E-state index in [-0.39, 0.29) is 17.9 Å². The number of hydrogen-bond acceptors (Lipinski definition) is 2. The van der Waals surface area contributed by atoms with E-state index in [2.05, 4.69) is 39.9 Å². The van der Waals surface area contributed by atoms with Gasteiger partial charge in [-0.05, 0) is 55.9 Å². The first kappa shape index (κ1) is 17.5. The van der Waals surface area contributed by atoms with Gasteiger partial charge in [0.15, 0.2) is 0 Å². The van der Waals surface area contributed by atoms with E-state index >= 15 is 0 Å². The summed E-state index contributed by atoms with van der Waals surface area (Å²) in [6.07, 6.45) is 5.33. The smallest absolute Gasteiger partial charge is 0.223 e. The molecule has 1 unspecified atom stereocenters. The van der Waals surface area contributed by atoms with Gasteiger partial charge in [-0.1, -0.05) is 34.6 Å². The summed E-state index contributed by atoms with van der Waals surface area (Å²) in [4.78, 5) is 12.4. The second-order valence-corrected chi connectivity index (χ2v) is 7.85. The molecule has 0 aliphatic heterocycles. The Labute approximate surface area is 125 Å². The van der Waals surface area contributed by atoms with Crippen molar-refractivity contribution in [1.29, 1.82) is 0 Å². The van der Waals surface area contributed by atoms with Crippen molar-refractivity contribution in [3.63, 3.8) is 0 Å². The third-order valence-electron chi connectivity index (χ3n) is 4.93.